The van der Waals surface area contributed by atoms with E-state index in [1.54, 1.807) is 13.0 Å². The summed E-state index contributed by atoms with van der Waals surface area (Å²) in [5.41, 5.74) is 0. The predicted octanol–water partition coefficient (Wildman–Crippen LogP) is 2.41. The van der Waals surface area contributed by atoms with Crippen molar-refractivity contribution in [1.29, 1.82) is 0 Å². The largest absolute Gasteiger partial charge is 0.360 e. The first-order valence-electron chi connectivity index (χ1n) is 6.08. The molecule has 1 aromatic rings. The van der Waals surface area contributed by atoms with E-state index < -0.39 is 0 Å². The molecule has 0 unspecified atom stereocenters. The molecule has 19 heavy (non-hydrogen) atoms. The quantitative estimate of drug-likeness (QED) is 0.544. The molecule has 1 aromatic heterocycles. The highest BCUT2D eigenvalue weighted by atomic mass is 79.9. The molecule has 102 valence electrons. The maximum atomic E-state index is 12.4. The summed E-state index contributed by atoms with van der Waals surface area (Å²) < 4.78 is 4.95. The van der Waals surface area contributed by atoms with Crippen molar-refractivity contribution in [3.8, 4) is 0 Å². The van der Waals surface area contributed by atoms with Crippen molar-refractivity contribution >= 4 is 49.5 Å². The van der Waals surface area contributed by atoms with Crippen LogP contribution in [-0.4, -0.2) is 26.6 Å². The van der Waals surface area contributed by atoms with Gasteiger partial charge in [-0.05, 0) is 19.8 Å². The Morgan fingerprint density at radius 3 is 2.16 bits per heavy atom. The molecule has 1 saturated carbocycles. The fourth-order valence-electron chi connectivity index (χ4n) is 2.78. The molecule has 1 aliphatic carbocycles. The number of nitrogens with zero attached hydrogens (tertiary/aromatic N) is 2. The van der Waals surface area contributed by atoms with Gasteiger partial charge in [0.05, 0.1) is 11.8 Å². The van der Waals surface area contributed by atoms with E-state index in [0.29, 0.717) is 24.4 Å². The van der Waals surface area contributed by atoms with Gasteiger partial charge in [0, 0.05) is 15.7 Å². The van der Waals surface area contributed by atoms with Crippen LogP contribution in [0.15, 0.2) is 10.6 Å². The van der Waals surface area contributed by atoms with Gasteiger partial charge in [-0.2, -0.15) is 0 Å². The molecular weight excluding hydrogens is 380 g/mol. The summed E-state index contributed by atoms with van der Waals surface area (Å²) in [6, 6.07) is 1.62. The number of aryl methyl sites for hydroxylation is 1. The first-order chi connectivity index (χ1) is 8.99. The van der Waals surface area contributed by atoms with Crippen LogP contribution in [0.3, 0.4) is 0 Å². The van der Waals surface area contributed by atoms with E-state index in [1.807, 2.05) is 0 Å². The lowest BCUT2D eigenvalue weighted by atomic mass is 9.81. The molecule has 2 aliphatic rings. The number of imide groups is 1. The number of rotatable bonds is 1. The second kappa shape index (κ2) is 4.70. The van der Waals surface area contributed by atoms with Gasteiger partial charge >= 0.3 is 0 Å². The normalized spacial score (nSPS) is 34.8. The number of alkyl halides is 2. The molecule has 2 amide bonds. The molecule has 3 rings (SSSR count). The maximum absolute atomic E-state index is 12.4. The number of anilines is 1. The molecule has 0 radical (unpaired) electrons. The number of amides is 2. The SMILES string of the molecule is Cc1cc(N2C(=O)[C@H]3C[C@@H](Br)[C@@H](Br)C[C@H]3C2=O)no1. The van der Waals surface area contributed by atoms with E-state index in [0.717, 1.165) is 0 Å². The Morgan fingerprint density at radius 1 is 1.21 bits per heavy atom. The second-order valence-corrected chi connectivity index (χ2v) is 7.38. The smallest absolute Gasteiger partial charge is 0.239 e. The van der Waals surface area contributed by atoms with Gasteiger partial charge in [0.15, 0.2) is 5.82 Å². The van der Waals surface area contributed by atoms with E-state index in [-0.39, 0.29) is 33.3 Å². The van der Waals surface area contributed by atoms with Crippen LogP contribution in [0.2, 0.25) is 0 Å². The van der Waals surface area contributed by atoms with Gasteiger partial charge in [-0.3, -0.25) is 9.59 Å². The van der Waals surface area contributed by atoms with Gasteiger partial charge in [0.25, 0.3) is 0 Å². The summed E-state index contributed by atoms with van der Waals surface area (Å²) in [5, 5.41) is 3.78. The molecule has 0 spiro atoms. The van der Waals surface area contributed by atoms with Crippen molar-refractivity contribution in [1.82, 2.24) is 5.16 Å². The molecule has 2 fully saturated rings. The summed E-state index contributed by atoms with van der Waals surface area (Å²) in [6.45, 7) is 1.73. The van der Waals surface area contributed by atoms with Crippen molar-refractivity contribution in [3.63, 3.8) is 0 Å². The fraction of sp³-hybridized carbons (Fsp3) is 0.583. The Labute approximate surface area is 126 Å². The van der Waals surface area contributed by atoms with Gasteiger partial charge < -0.3 is 4.52 Å². The first-order valence-corrected chi connectivity index (χ1v) is 7.91. The minimum Gasteiger partial charge on any atom is -0.360 e. The summed E-state index contributed by atoms with van der Waals surface area (Å²) in [6.07, 6.45) is 1.33. The lowest BCUT2D eigenvalue weighted by Gasteiger charge is -2.29. The lowest BCUT2D eigenvalue weighted by molar-refractivity contribution is -0.122. The van der Waals surface area contributed by atoms with Crippen LogP contribution in [0, 0.1) is 18.8 Å². The van der Waals surface area contributed by atoms with Crippen molar-refractivity contribution in [2.45, 2.75) is 29.4 Å². The number of fused-ring (bicyclic) bond motifs is 1. The third-order valence-electron chi connectivity index (χ3n) is 3.76. The minimum absolute atomic E-state index is 0.160. The average Bonchev–Trinajstić information content (AvgIpc) is 2.86. The molecule has 7 heteroatoms. The molecular formula is C12H12Br2N2O3. The molecule has 1 saturated heterocycles. The van der Waals surface area contributed by atoms with E-state index in [4.69, 9.17) is 4.52 Å². The van der Waals surface area contributed by atoms with Crippen LogP contribution in [-0.2, 0) is 9.59 Å². The van der Waals surface area contributed by atoms with E-state index >= 15 is 0 Å². The van der Waals surface area contributed by atoms with Crippen LogP contribution in [0.4, 0.5) is 5.82 Å². The summed E-state index contributed by atoms with van der Waals surface area (Å²) in [7, 11) is 0. The maximum Gasteiger partial charge on any atom is 0.239 e. The van der Waals surface area contributed by atoms with Crippen molar-refractivity contribution in [2.24, 2.45) is 11.8 Å². The second-order valence-electron chi connectivity index (χ2n) is 5.02. The highest BCUT2D eigenvalue weighted by Gasteiger charge is 2.53. The topological polar surface area (TPSA) is 63.4 Å². The Kier molecular flexibility index (Phi) is 3.29. The number of hydrogen-bond donors (Lipinski definition) is 0. The van der Waals surface area contributed by atoms with E-state index in [2.05, 4.69) is 37.0 Å². The molecule has 4 atom stereocenters. The Morgan fingerprint density at radius 2 is 1.74 bits per heavy atom. The van der Waals surface area contributed by atoms with E-state index in [9.17, 15) is 9.59 Å². The van der Waals surface area contributed by atoms with Crippen LogP contribution in [0.1, 0.15) is 18.6 Å². The minimum atomic E-state index is -0.248. The van der Waals surface area contributed by atoms with Gasteiger partial charge in [0.2, 0.25) is 11.8 Å². The number of carbonyl (C=O) groups excluding carboxylic acids is 2. The number of carbonyl (C=O) groups is 2. The van der Waals surface area contributed by atoms with Crippen LogP contribution in [0.25, 0.3) is 0 Å². The number of hydrogen-bond acceptors (Lipinski definition) is 4. The molecule has 2 heterocycles. The Bertz CT molecular complexity index is 517. The van der Waals surface area contributed by atoms with Gasteiger partial charge in [0.1, 0.15) is 5.76 Å². The van der Waals surface area contributed by atoms with Crippen molar-refractivity contribution in [3.05, 3.63) is 11.8 Å². The molecule has 0 N–H and O–H groups in total. The monoisotopic (exact) mass is 390 g/mol. The number of aromatic nitrogens is 1. The molecule has 0 bridgehead atoms. The van der Waals surface area contributed by atoms with Gasteiger partial charge in [-0.1, -0.05) is 37.0 Å². The molecule has 5 nitrogen and oxygen atoms in total. The Balaban J connectivity index is 1.93. The van der Waals surface area contributed by atoms with Gasteiger partial charge in [-0.25, -0.2) is 4.90 Å². The summed E-state index contributed by atoms with van der Waals surface area (Å²) in [4.78, 5) is 26.4. The van der Waals surface area contributed by atoms with Crippen LogP contribution < -0.4 is 4.90 Å². The third-order valence-corrected chi connectivity index (χ3v) is 6.49. The Hall–Kier alpha value is -0.690. The van der Waals surface area contributed by atoms with Crippen molar-refractivity contribution < 1.29 is 14.1 Å². The zero-order valence-electron chi connectivity index (χ0n) is 10.2. The zero-order valence-corrected chi connectivity index (χ0v) is 13.3. The highest BCUT2D eigenvalue weighted by molar-refractivity contribution is 9.12. The summed E-state index contributed by atoms with van der Waals surface area (Å²) in [5.74, 6) is 0.0750. The van der Waals surface area contributed by atoms with Crippen LogP contribution >= 0.6 is 31.9 Å². The zero-order chi connectivity index (χ0) is 13.7. The lowest BCUT2D eigenvalue weighted by Crippen LogP contribution is -2.34. The third kappa shape index (κ3) is 2.07. The summed E-state index contributed by atoms with van der Waals surface area (Å²) >= 11 is 7.11. The molecule has 0 aromatic carbocycles. The van der Waals surface area contributed by atoms with Gasteiger partial charge in [-0.15, -0.1) is 0 Å². The highest BCUT2D eigenvalue weighted by Crippen LogP contribution is 2.44. The number of halogens is 2. The van der Waals surface area contributed by atoms with E-state index in [1.165, 1.54) is 4.90 Å². The predicted molar refractivity (Wildman–Crippen MR) is 75.4 cm³/mol. The molecule has 1 aliphatic heterocycles. The van der Waals surface area contributed by atoms with Crippen LogP contribution in [0.5, 0.6) is 0 Å². The fourth-order valence-corrected chi connectivity index (χ4v) is 4.02. The average molecular weight is 392 g/mol. The van der Waals surface area contributed by atoms with Crippen molar-refractivity contribution in [2.75, 3.05) is 4.90 Å². The first kappa shape index (κ1) is 13.3. The standard InChI is InChI=1S/C12H12Br2N2O3/c1-5-2-10(15-19-5)16-11(17)6-3-8(13)9(14)4-7(6)12(16)18/h2,6-9H,3-4H2,1H3/t6-,7+,8+,9-.